The summed E-state index contributed by atoms with van der Waals surface area (Å²) >= 11 is 0. The van der Waals surface area contributed by atoms with Crippen LogP contribution in [-0.4, -0.2) is 31.4 Å². The Bertz CT molecular complexity index is 497. The molecule has 5 nitrogen and oxygen atoms in total. The maximum absolute atomic E-state index is 12.1. The Kier molecular flexibility index (Phi) is 5.34. The molecule has 0 aliphatic heterocycles. The smallest absolute Gasteiger partial charge is 0.279 e. The molecule has 0 bridgehead atoms. The fraction of sp³-hybridized carbons (Fsp3) is 0.538. The number of nitrogens with one attached hydrogen (secondary N) is 1. The van der Waals surface area contributed by atoms with Gasteiger partial charge in [0.25, 0.3) is 10.2 Å². The Morgan fingerprint density at radius 1 is 1.21 bits per heavy atom. The number of nitrogens with zero attached hydrogens (tertiary/aromatic N) is 1. The molecule has 108 valence electrons. The average Bonchev–Trinajstić information content (AvgIpc) is 2.35. The van der Waals surface area contributed by atoms with Crippen LogP contribution in [0.3, 0.4) is 0 Å². The van der Waals surface area contributed by atoms with Gasteiger partial charge in [-0.3, -0.25) is 0 Å². The number of hydrogen-bond donors (Lipinski definition) is 2. The van der Waals surface area contributed by atoms with Crippen molar-refractivity contribution in [3.8, 4) is 5.75 Å². The second-order valence-corrected chi connectivity index (χ2v) is 6.85. The zero-order chi connectivity index (χ0) is 14.6. The molecule has 0 saturated heterocycles. The number of phenols is 1. The van der Waals surface area contributed by atoms with Gasteiger partial charge in [0.05, 0.1) is 0 Å². The standard InChI is InChI=1S/C13H22N2O3S/c1-10(2)9-14-19(17,18)15(4)11(3)12-5-7-13(16)8-6-12/h5-8,10-11,14,16H,9H2,1-4H3. The van der Waals surface area contributed by atoms with Crippen molar-refractivity contribution in [1.82, 2.24) is 9.03 Å². The van der Waals surface area contributed by atoms with E-state index in [1.54, 1.807) is 38.2 Å². The first-order chi connectivity index (χ1) is 8.74. The van der Waals surface area contributed by atoms with Crippen molar-refractivity contribution in [1.29, 1.82) is 0 Å². The minimum Gasteiger partial charge on any atom is -0.508 e. The molecule has 6 heteroatoms. The molecule has 0 fully saturated rings. The van der Waals surface area contributed by atoms with Crippen molar-refractivity contribution in [3.05, 3.63) is 29.8 Å². The molecule has 1 atom stereocenters. The van der Waals surface area contributed by atoms with Crippen LogP contribution < -0.4 is 4.72 Å². The molecule has 0 aliphatic carbocycles. The van der Waals surface area contributed by atoms with Crippen LogP contribution >= 0.6 is 0 Å². The summed E-state index contributed by atoms with van der Waals surface area (Å²) < 4.78 is 28.0. The SMILES string of the molecule is CC(C)CNS(=O)(=O)N(C)C(C)c1ccc(O)cc1. The van der Waals surface area contributed by atoms with Crippen molar-refractivity contribution in [2.75, 3.05) is 13.6 Å². The van der Waals surface area contributed by atoms with Crippen molar-refractivity contribution in [3.63, 3.8) is 0 Å². The minimum atomic E-state index is -3.49. The highest BCUT2D eigenvalue weighted by Gasteiger charge is 2.23. The minimum absolute atomic E-state index is 0.166. The van der Waals surface area contributed by atoms with Crippen LogP contribution in [0.15, 0.2) is 24.3 Å². The summed E-state index contributed by atoms with van der Waals surface area (Å²) in [4.78, 5) is 0. The molecular formula is C13H22N2O3S. The van der Waals surface area contributed by atoms with Crippen LogP contribution in [0, 0.1) is 5.92 Å². The average molecular weight is 286 g/mol. The lowest BCUT2D eigenvalue weighted by Crippen LogP contribution is -2.41. The highest BCUT2D eigenvalue weighted by atomic mass is 32.2. The first kappa shape index (κ1) is 15.9. The highest BCUT2D eigenvalue weighted by Crippen LogP contribution is 2.22. The van der Waals surface area contributed by atoms with Gasteiger partial charge in [-0.1, -0.05) is 26.0 Å². The van der Waals surface area contributed by atoms with Gasteiger partial charge in [-0.05, 0) is 30.5 Å². The van der Waals surface area contributed by atoms with Gasteiger partial charge < -0.3 is 5.11 Å². The van der Waals surface area contributed by atoms with E-state index in [0.717, 1.165) is 5.56 Å². The number of benzene rings is 1. The largest absolute Gasteiger partial charge is 0.508 e. The van der Waals surface area contributed by atoms with Crippen LogP contribution in [0.2, 0.25) is 0 Å². The number of phenolic OH excluding ortho intramolecular Hbond substituents is 1. The Labute approximate surface area is 115 Å². The van der Waals surface area contributed by atoms with Crippen LogP contribution in [0.5, 0.6) is 5.75 Å². The number of aromatic hydroxyl groups is 1. The third-order valence-corrected chi connectivity index (χ3v) is 4.58. The van der Waals surface area contributed by atoms with Gasteiger partial charge in [0.15, 0.2) is 0 Å². The molecule has 19 heavy (non-hydrogen) atoms. The van der Waals surface area contributed by atoms with E-state index in [4.69, 9.17) is 0 Å². The molecule has 0 aromatic heterocycles. The Morgan fingerprint density at radius 3 is 2.21 bits per heavy atom. The van der Waals surface area contributed by atoms with E-state index in [9.17, 15) is 13.5 Å². The molecule has 1 unspecified atom stereocenters. The highest BCUT2D eigenvalue weighted by molar-refractivity contribution is 7.87. The lowest BCUT2D eigenvalue weighted by Gasteiger charge is -2.25. The zero-order valence-corrected chi connectivity index (χ0v) is 12.6. The first-order valence-electron chi connectivity index (χ1n) is 6.25. The second kappa shape index (κ2) is 6.36. The van der Waals surface area contributed by atoms with E-state index >= 15 is 0 Å². The van der Waals surface area contributed by atoms with Gasteiger partial charge in [0.1, 0.15) is 5.75 Å². The van der Waals surface area contributed by atoms with Crippen molar-refractivity contribution in [2.24, 2.45) is 5.92 Å². The first-order valence-corrected chi connectivity index (χ1v) is 7.69. The van der Waals surface area contributed by atoms with Gasteiger partial charge >= 0.3 is 0 Å². The van der Waals surface area contributed by atoms with Gasteiger partial charge in [-0.25, -0.2) is 4.72 Å². The summed E-state index contributed by atoms with van der Waals surface area (Å²) in [7, 11) is -1.95. The molecule has 0 spiro atoms. The molecule has 0 heterocycles. The lowest BCUT2D eigenvalue weighted by molar-refractivity contribution is 0.387. The van der Waals surface area contributed by atoms with Gasteiger partial charge in [0, 0.05) is 19.6 Å². The molecule has 0 aliphatic rings. The van der Waals surface area contributed by atoms with E-state index in [1.165, 1.54) is 4.31 Å². The van der Waals surface area contributed by atoms with Crippen molar-refractivity contribution >= 4 is 10.2 Å². The van der Waals surface area contributed by atoms with E-state index < -0.39 is 10.2 Å². The Hall–Kier alpha value is -1.11. The predicted molar refractivity (Wildman–Crippen MR) is 76.0 cm³/mol. The topological polar surface area (TPSA) is 69.6 Å². The molecule has 0 amide bonds. The van der Waals surface area contributed by atoms with Crippen LogP contribution in [0.4, 0.5) is 0 Å². The van der Waals surface area contributed by atoms with Crippen LogP contribution in [0.25, 0.3) is 0 Å². The normalized spacial score (nSPS) is 14.0. The zero-order valence-electron chi connectivity index (χ0n) is 11.8. The quantitative estimate of drug-likeness (QED) is 0.839. The monoisotopic (exact) mass is 286 g/mol. The molecule has 2 N–H and O–H groups in total. The number of rotatable bonds is 6. The van der Waals surface area contributed by atoms with Gasteiger partial charge in [0.2, 0.25) is 0 Å². The molecule has 1 rings (SSSR count). The van der Waals surface area contributed by atoms with E-state index in [-0.39, 0.29) is 17.7 Å². The second-order valence-electron chi connectivity index (χ2n) is 5.03. The summed E-state index contributed by atoms with van der Waals surface area (Å²) in [5.74, 6) is 0.423. The maximum atomic E-state index is 12.1. The number of hydrogen-bond acceptors (Lipinski definition) is 3. The van der Waals surface area contributed by atoms with Crippen LogP contribution in [0.1, 0.15) is 32.4 Å². The maximum Gasteiger partial charge on any atom is 0.279 e. The van der Waals surface area contributed by atoms with E-state index in [2.05, 4.69) is 4.72 Å². The summed E-state index contributed by atoms with van der Waals surface area (Å²) in [6, 6.07) is 6.23. The van der Waals surface area contributed by atoms with Gasteiger partial charge in [-0.15, -0.1) is 0 Å². The summed E-state index contributed by atoms with van der Waals surface area (Å²) in [6.45, 7) is 6.12. The van der Waals surface area contributed by atoms with Crippen molar-refractivity contribution in [2.45, 2.75) is 26.8 Å². The fourth-order valence-corrected chi connectivity index (χ4v) is 2.83. The summed E-state index contributed by atoms with van der Waals surface area (Å²) in [5, 5.41) is 9.24. The molecule has 0 saturated carbocycles. The Morgan fingerprint density at radius 2 is 1.74 bits per heavy atom. The third-order valence-electron chi connectivity index (χ3n) is 2.97. The van der Waals surface area contributed by atoms with Crippen LogP contribution in [-0.2, 0) is 10.2 Å². The molecule has 0 radical (unpaired) electrons. The van der Waals surface area contributed by atoms with E-state index in [0.29, 0.717) is 6.54 Å². The lowest BCUT2D eigenvalue weighted by atomic mass is 10.1. The summed E-state index contributed by atoms with van der Waals surface area (Å²) in [5.41, 5.74) is 0.829. The summed E-state index contributed by atoms with van der Waals surface area (Å²) in [6.07, 6.45) is 0. The Balaban J connectivity index is 2.81. The van der Waals surface area contributed by atoms with E-state index in [1.807, 2.05) is 13.8 Å². The fourth-order valence-electron chi connectivity index (χ4n) is 1.54. The van der Waals surface area contributed by atoms with Crippen molar-refractivity contribution < 1.29 is 13.5 Å². The molecule has 1 aromatic carbocycles. The predicted octanol–water partition coefficient (Wildman–Crippen LogP) is 1.88. The molecule has 1 aromatic rings. The third kappa shape index (κ3) is 4.49. The molecular weight excluding hydrogens is 264 g/mol. The van der Waals surface area contributed by atoms with Gasteiger partial charge in [-0.2, -0.15) is 12.7 Å².